The third-order valence-electron chi connectivity index (χ3n) is 6.02. The van der Waals surface area contributed by atoms with Crippen molar-refractivity contribution >= 4 is 28.5 Å². The number of nitrogens with one attached hydrogen (secondary N) is 1. The standard InChI is InChI=1S/C28H28F2N4O3/c1-5-37-24(35)15-20(18-10-7-6-8-11-18)23-14-19-16-31-27(32-17(2)28(3,4)36)33-26(19)34(23)25-21(29)12-9-13-22(25)30/h6-17,36H,5H2,1-4H3,(H,31,32,33)/t17-/m0/s1. The monoisotopic (exact) mass is 506 g/mol. The molecule has 2 aromatic heterocycles. The number of halogens is 2. The fourth-order valence-corrected chi connectivity index (χ4v) is 3.78. The normalized spacial score (nSPS) is 13.0. The SMILES string of the molecule is CCOC(=O)C=C(c1ccccc1)c1cc2cnc(N[C@@H](C)C(C)(C)O)nc2n1-c1c(F)cccc1F. The largest absolute Gasteiger partial charge is 0.463 e. The molecular weight excluding hydrogens is 478 g/mol. The topological polar surface area (TPSA) is 89.3 Å². The van der Waals surface area contributed by atoms with Crippen molar-refractivity contribution in [3.8, 4) is 5.69 Å². The first-order valence-electron chi connectivity index (χ1n) is 11.9. The van der Waals surface area contributed by atoms with Gasteiger partial charge in [0.25, 0.3) is 0 Å². The Kier molecular flexibility index (Phi) is 7.35. The van der Waals surface area contributed by atoms with Gasteiger partial charge in [0.15, 0.2) is 5.65 Å². The third-order valence-corrected chi connectivity index (χ3v) is 6.02. The molecule has 0 aliphatic rings. The highest BCUT2D eigenvalue weighted by Crippen LogP contribution is 2.34. The minimum absolute atomic E-state index is 0.167. The van der Waals surface area contributed by atoms with Gasteiger partial charge in [-0.3, -0.25) is 4.57 Å². The molecule has 1 atom stereocenters. The number of hydrogen-bond acceptors (Lipinski definition) is 6. The maximum absolute atomic E-state index is 15.2. The molecule has 0 amide bonds. The number of rotatable bonds is 8. The predicted octanol–water partition coefficient (Wildman–Crippen LogP) is 5.26. The van der Waals surface area contributed by atoms with Crippen LogP contribution in [-0.2, 0) is 9.53 Å². The molecule has 2 heterocycles. The number of aromatic nitrogens is 3. The Balaban J connectivity index is 2.02. The fourth-order valence-electron chi connectivity index (χ4n) is 3.78. The molecule has 0 fully saturated rings. The minimum Gasteiger partial charge on any atom is -0.463 e. The summed E-state index contributed by atoms with van der Waals surface area (Å²) in [7, 11) is 0. The lowest BCUT2D eigenvalue weighted by Gasteiger charge is -2.26. The lowest BCUT2D eigenvalue weighted by molar-refractivity contribution is -0.137. The number of hydrogen-bond donors (Lipinski definition) is 2. The summed E-state index contributed by atoms with van der Waals surface area (Å²) in [5.41, 5.74) is 0.132. The van der Waals surface area contributed by atoms with E-state index < -0.39 is 29.2 Å². The van der Waals surface area contributed by atoms with E-state index >= 15 is 8.78 Å². The van der Waals surface area contributed by atoms with Crippen LogP contribution in [0, 0.1) is 11.6 Å². The van der Waals surface area contributed by atoms with E-state index in [-0.39, 0.29) is 23.9 Å². The predicted molar refractivity (Wildman–Crippen MR) is 138 cm³/mol. The maximum atomic E-state index is 15.2. The first kappa shape index (κ1) is 26.0. The summed E-state index contributed by atoms with van der Waals surface area (Å²) >= 11 is 0. The van der Waals surface area contributed by atoms with Crippen molar-refractivity contribution < 1.29 is 23.4 Å². The molecule has 0 bridgehead atoms. The number of nitrogens with zero attached hydrogens (tertiary/aromatic N) is 3. The summed E-state index contributed by atoms with van der Waals surface area (Å²) in [5, 5.41) is 13.9. The number of carbonyl (C=O) groups is 1. The molecule has 4 aromatic rings. The summed E-state index contributed by atoms with van der Waals surface area (Å²) < 4.78 is 36.8. The van der Waals surface area contributed by atoms with Crippen LogP contribution in [0.1, 0.15) is 39.0 Å². The third kappa shape index (κ3) is 5.51. The number of benzene rings is 2. The lowest BCUT2D eigenvalue weighted by Crippen LogP contribution is -2.39. The van der Waals surface area contributed by atoms with E-state index in [1.165, 1.54) is 22.9 Å². The van der Waals surface area contributed by atoms with Crippen LogP contribution in [-0.4, -0.2) is 43.9 Å². The Labute approximate surface area is 213 Å². The highest BCUT2D eigenvalue weighted by atomic mass is 19.1. The summed E-state index contributed by atoms with van der Waals surface area (Å²) in [5.74, 6) is -2.04. The molecule has 192 valence electrons. The van der Waals surface area contributed by atoms with Crippen molar-refractivity contribution in [1.82, 2.24) is 14.5 Å². The minimum atomic E-state index is -1.08. The molecule has 0 radical (unpaired) electrons. The molecule has 0 spiro atoms. The highest BCUT2D eigenvalue weighted by Gasteiger charge is 2.25. The van der Waals surface area contributed by atoms with Crippen molar-refractivity contribution in [3.05, 3.63) is 89.8 Å². The van der Waals surface area contributed by atoms with Gasteiger partial charge >= 0.3 is 5.97 Å². The molecule has 0 aliphatic heterocycles. The van der Waals surface area contributed by atoms with Crippen molar-refractivity contribution in [2.75, 3.05) is 11.9 Å². The van der Waals surface area contributed by atoms with Crippen LogP contribution in [0.2, 0.25) is 0 Å². The van der Waals surface area contributed by atoms with Crippen molar-refractivity contribution in [3.63, 3.8) is 0 Å². The highest BCUT2D eigenvalue weighted by molar-refractivity contribution is 5.98. The van der Waals surface area contributed by atoms with Crippen molar-refractivity contribution in [2.24, 2.45) is 0 Å². The molecule has 0 saturated heterocycles. The zero-order valence-electron chi connectivity index (χ0n) is 21.0. The quantitative estimate of drug-likeness (QED) is 0.250. The molecule has 2 aromatic carbocycles. The summed E-state index contributed by atoms with van der Waals surface area (Å²) in [4.78, 5) is 21.4. The molecule has 0 saturated carbocycles. The van der Waals surface area contributed by atoms with E-state index in [1.807, 2.05) is 6.07 Å². The van der Waals surface area contributed by atoms with Crippen LogP contribution in [0.15, 0.2) is 66.9 Å². The number of ether oxygens (including phenoxy) is 1. The van der Waals surface area contributed by atoms with Crippen LogP contribution in [0.4, 0.5) is 14.7 Å². The van der Waals surface area contributed by atoms with Gasteiger partial charge in [0, 0.05) is 23.2 Å². The first-order chi connectivity index (χ1) is 17.6. The second-order valence-electron chi connectivity index (χ2n) is 9.10. The number of fused-ring (bicyclic) bond motifs is 1. The van der Waals surface area contributed by atoms with Crippen molar-refractivity contribution in [2.45, 2.75) is 39.3 Å². The van der Waals surface area contributed by atoms with Crippen LogP contribution >= 0.6 is 0 Å². The van der Waals surface area contributed by atoms with Crippen LogP contribution in [0.3, 0.4) is 0 Å². The van der Waals surface area contributed by atoms with Crippen molar-refractivity contribution in [1.29, 1.82) is 0 Å². The van der Waals surface area contributed by atoms with Gasteiger partial charge in [-0.1, -0.05) is 36.4 Å². The Morgan fingerprint density at radius 2 is 1.84 bits per heavy atom. The zero-order valence-corrected chi connectivity index (χ0v) is 21.0. The lowest BCUT2D eigenvalue weighted by atomic mass is 10.0. The van der Waals surface area contributed by atoms with Gasteiger partial charge < -0.3 is 15.2 Å². The zero-order chi connectivity index (χ0) is 26.7. The Hall–Kier alpha value is -4.11. The second kappa shape index (κ2) is 10.5. The summed E-state index contributed by atoms with van der Waals surface area (Å²) in [6, 6.07) is 13.8. The number of esters is 1. The average molecular weight is 507 g/mol. The van der Waals surface area contributed by atoms with Gasteiger partial charge in [-0.25, -0.2) is 18.6 Å². The summed E-state index contributed by atoms with van der Waals surface area (Å²) in [6.07, 6.45) is 2.82. The molecule has 37 heavy (non-hydrogen) atoms. The van der Waals surface area contributed by atoms with E-state index in [0.717, 1.165) is 12.1 Å². The Morgan fingerprint density at radius 3 is 2.46 bits per heavy atom. The van der Waals surface area contributed by atoms with Gasteiger partial charge in [0.1, 0.15) is 17.3 Å². The van der Waals surface area contributed by atoms with Crippen LogP contribution in [0.25, 0.3) is 22.3 Å². The molecule has 9 heteroatoms. The van der Waals surface area contributed by atoms with E-state index in [4.69, 9.17) is 4.74 Å². The Bertz CT molecular complexity index is 1440. The fraction of sp³-hybridized carbons (Fsp3) is 0.250. The molecule has 0 unspecified atom stereocenters. The maximum Gasteiger partial charge on any atom is 0.331 e. The van der Waals surface area contributed by atoms with Crippen LogP contribution < -0.4 is 5.32 Å². The van der Waals surface area contributed by atoms with Crippen LogP contribution in [0.5, 0.6) is 0 Å². The number of aliphatic hydroxyl groups is 1. The van der Waals surface area contributed by atoms with Gasteiger partial charge in [-0.05, 0) is 51.5 Å². The second-order valence-corrected chi connectivity index (χ2v) is 9.10. The number of carbonyl (C=O) groups excluding carboxylic acids is 1. The van der Waals surface area contributed by atoms with Gasteiger partial charge in [0.05, 0.1) is 23.9 Å². The van der Waals surface area contributed by atoms with Gasteiger partial charge in [-0.2, -0.15) is 4.98 Å². The molecular formula is C28H28F2N4O3. The number of para-hydroxylation sites is 1. The number of anilines is 1. The van der Waals surface area contributed by atoms with E-state index in [1.54, 1.807) is 58.0 Å². The van der Waals surface area contributed by atoms with E-state index in [9.17, 15) is 9.90 Å². The molecule has 0 aliphatic carbocycles. The molecule has 7 nitrogen and oxygen atoms in total. The summed E-state index contributed by atoms with van der Waals surface area (Å²) in [6.45, 7) is 6.92. The molecule has 2 N–H and O–H groups in total. The smallest absolute Gasteiger partial charge is 0.331 e. The average Bonchev–Trinajstić information content (AvgIpc) is 3.21. The molecule has 4 rings (SSSR count). The Morgan fingerprint density at radius 1 is 1.16 bits per heavy atom. The van der Waals surface area contributed by atoms with E-state index in [0.29, 0.717) is 22.2 Å². The van der Waals surface area contributed by atoms with Gasteiger partial charge in [0.2, 0.25) is 5.95 Å². The van der Waals surface area contributed by atoms with E-state index in [2.05, 4.69) is 15.3 Å². The van der Waals surface area contributed by atoms with Gasteiger partial charge in [-0.15, -0.1) is 0 Å². The first-order valence-corrected chi connectivity index (χ1v) is 11.9.